The molecule has 0 aliphatic heterocycles. The Kier molecular flexibility index (Phi) is 3.52. The lowest BCUT2D eigenvalue weighted by atomic mass is 10.1. The van der Waals surface area contributed by atoms with Crippen LogP contribution in [0.5, 0.6) is 0 Å². The molecule has 20 heavy (non-hydrogen) atoms. The average molecular weight is 284 g/mol. The summed E-state index contributed by atoms with van der Waals surface area (Å²) in [5.41, 5.74) is 2.97. The number of nitrogens with zero attached hydrogens (tertiary/aromatic N) is 3. The first kappa shape index (κ1) is 12.9. The van der Waals surface area contributed by atoms with Crippen molar-refractivity contribution in [3.8, 4) is 0 Å². The van der Waals surface area contributed by atoms with E-state index in [0.717, 1.165) is 28.0 Å². The van der Waals surface area contributed by atoms with Crippen LogP contribution in [0.3, 0.4) is 0 Å². The molecule has 0 aliphatic carbocycles. The molecule has 0 amide bonds. The SMILES string of the molecule is C=CC(Cc1ccccc1Cl)n1nnc2ccccc21. The maximum Gasteiger partial charge on any atom is 0.113 e. The number of halogens is 1. The lowest BCUT2D eigenvalue weighted by molar-refractivity contribution is 0.534. The predicted molar refractivity (Wildman–Crippen MR) is 81.9 cm³/mol. The molecular weight excluding hydrogens is 270 g/mol. The van der Waals surface area contributed by atoms with E-state index in [1.54, 1.807) is 0 Å². The van der Waals surface area contributed by atoms with Gasteiger partial charge in [-0.2, -0.15) is 0 Å². The molecule has 0 fully saturated rings. The summed E-state index contributed by atoms with van der Waals surface area (Å²) in [5, 5.41) is 9.20. The van der Waals surface area contributed by atoms with Gasteiger partial charge < -0.3 is 0 Å². The van der Waals surface area contributed by atoms with Crippen LogP contribution in [-0.2, 0) is 6.42 Å². The second kappa shape index (κ2) is 5.47. The lowest BCUT2D eigenvalue weighted by Gasteiger charge is -2.14. The van der Waals surface area contributed by atoms with Crippen molar-refractivity contribution in [3.63, 3.8) is 0 Å². The van der Waals surface area contributed by atoms with Crippen molar-refractivity contribution in [2.24, 2.45) is 0 Å². The molecular formula is C16H14ClN3. The molecule has 2 aromatic carbocycles. The van der Waals surface area contributed by atoms with Crippen molar-refractivity contribution in [1.82, 2.24) is 15.0 Å². The largest absolute Gasteiger partial charge is 0.237 e. The van der Waals surface area contributed by atoms with Gasteiger partial charge in [-0.3, -0.25) is 0 Å². The van der Waals surface area contributed by atoms with Gasteiger partial charge in [-0.05, 0) is 30.2 Å². The molecule has 0 N–H and O–H groups in total. The highest BCUT2D eigenvalue weighted by Gasteiger charge is 2.14. The number of benzene rings is 2. The van der Waals surface area contributed by atoms with Crippen molar-refractivity contribution >= 4 is 22.6 Å². The van der Waals surface area contributed by atoms with Crippen molar-refractivity contribution in [3.05, 3.63) is 71.8 Å². The van der Waals surface area contributed by atoms with Gasteiger partial charge in [-0.1, -0.05) is 53.2 Å². The minimum absolute atomic E-state index is 0.0299. The van der Waals surface area contributed by atoms with Crippen molar-refractivity contribution in [2.75, 3.05) is 0 Å². The van der Waals surface area contributed by atoms with Gasteiger partial charge in [0.05, 0.1) is 11.6 Å². The Balaban J connectivity index is 1.98. The van der Waals surface area contributed by atoms with Crippen LogP contribution >= 0.6 is 11.6 Å². The number of fused-ring (bicyclic) bond motifs is 1. The van der Waals surface area contributed by atoms with E-state index in [1.165, 1.54) is 0 Å². The summed E-state index contributed by atoms with van der Waals surface area (Å²) in [5.74, 6) is 0. The van der Waals surface area contributed by atoms with E-state index < -0.39 is 0 Å². The molecule has 3 rings (SSSR count). The zero-order chi connectivity index (χ0) is 13.9. The smallest absolute Gasteiger partial charge is 0.113 e. The average Bonchev–Trinajstić information content (AvgIpc) is 2.90. The normalized spacial score (nSPS) is 12.4. The molecule has 1 atom stereocenters. The number of hydrogen-bond donors (Lipinski definition) is 0. The molecule has 1 heterocycles. The molecule has 0 aliphatic rings. The van der Waals surface area contributed by atoms with E-state index in [1.807, 2.05) is 59.3 Å². The monoisotopic (exact) mass is 283 g/mol. The van der Waals surface area contributed by atoms with Crippen LogP contribution in [0.4, 0.5) is 0 Å². The molecule has 1 unspecified atom stereocenters. The summed E-state index contributed by atoms with van der Waals surface area (Å²) in [6, 6.07) is 15.8. The molecule has 3 aromatic rings. The number of hydrogen-bond acceptors (Lipinski definition) is 2. The molecule has 4 heteroatoms. The summed E-state index contributed by atoms with van der Waals surface area (Å²) in [7, 11) is 0. The van der Waals surface area contributed by atoms with E-state index in [4.69, 9.17) is 11.6 Å². The van der Waals surface area contributed by atoms with E-state index in [2.05, 4.69) is 16.9 Å². The van der Waals surface area contributed by atoms with Gasteiger partial charge in [-0.15, -0.1) is 11.7 Å². The Hall–Kier alpha value is -2.13. The number of aromatic nitrogens is 3. The summed E-state index contributed by atoms with van der Waals surface area (Å²) >= 11 is 6.23. The van der Waals surface area contributed by atoms with Gasteiger partial charge in [0, 0.05) is 5.02 Å². The predicted octanol–water partition coefficient (Wildman–Crippen LogP) is 4.05. The fraction of sp³-hybridized carbons (Fsp3) is 0.125. The summed E-state index contributed by atoms with van der Waals surface area (Å²) in [4.78, 5) is 0. The Morgan fingerprint density at radius 1 is 1.15 bits per heavy atom. The third kappa shape index (κ3) is 2.32. The van der Waals surface area contributed by atoms with E-state index in [9.17, 15) is 0 Å². The molecule has 3 nitrogen and oxygen atoms in total. The Bertz CT molecular complexity index is 748. The molecule has 0 saturated heterocycles. The van der Waals surface area contributed by atoms with E-state index in [0.29, 0.717) is 0 Å². The Labute approximate surface area is 122 Å². The second-order valence-corrected chi connectivity index (χ2v) is 5.03. The number of rotatable bonds is 4. The van der Waals surface area contributed by atoms with Gasteiger partial charge in [0.25, 0.3) is 0 Å². The van der Waals surface area contributed by atoms with Crippen molar-refractivity contribution < 1.29 is 0 Å². The molecule has 1 aromatic heterocycles. The summed E-state index contributed by atoms with van der Waals surface area (Å²) in [6.07, 6.45) is 2.63. The highest BCUT2D eigenvalue weighted by atomic mass is 35.5. The third-order valence-electron chi connectivity index (χ3n) is 3.35. The Morgan fingerprint density at radius 3 is 2.70 bits per heavy atom. The molecule has 0 saturated carbocycles. The van der Waals surface area contributed by atoms with Gasteiger partial charge in [-0.25, -0.2) is 4.68 Å². The lowest BCUT2D eigenvalue weighted by Crippen LogP contribution is -2.11. The molecule has 0 spiro atoms. The third-order valence-corrected chi connectivity index (χ3v) is 3.72. The minimum atomic E-state index is 0.0299. The van der Waals surface area contributed by atoms with Crippen LogP contribution in [-0.4, -0.2) is 15.0 Å². The number of allylic oxidation sites excluding steroid dienone is 1. The van der Waals surface area contributed by atoms with Crippen molar-refractivity contribution in [2.45, 2.75) is 12.5 Å². The van der Waals surface area contributed by atoms with Crippen LogP contribution in [0.2, 0.25) is 5.02 Å². The quantitative estimate of drug-likeness (QED) is 0.676. The summed E-state index contributed by atoms with van der Waals surface area (Å²) in [6.45, 7) is 3.92. The van der Waals surface area contributed by atoms with E-state index >= 15 is 0 Å². The maximum atomic E-state index is 6.23. The topological polar surface area (TPSA) is 30.7 Å². The Morgan fingerprint density at radius 2 is 1.90 bits per heavy atom. The maximum absolute atomic E-state index is 6.23. The summed E-state index contributed by atoms with van der Waals surface area (Å²) < 4.78 is 1.89. The second-order valence-electron chi connectivity index (χ2n) is 4.62. The molecule has 100 valence electrons. The zero-order valence-electron chi connectivity index (χ0n) is 10.9. The number of para-hydroxylation sites is 1. The van der Waals surface area contributed by atoms with Crippen LogP contribution < -0.4 is 0 Å². The van der Waals surface area contributed by atoms with Gasteiger partial charge in [0.1, 0.15) is 5.52 Å². The van der Waals surface area contributed by atoms with Gasteiger partial charge >= 0.3 is 0 Å². The van der Waals surface area contributed by atoms with Gasteiger partial charge in [0.2, 0.25) is 0 Å². The zero-order valence-corrected chi connectivity index (χ0v) is 11.7. The molecule has 0 radical (unpaired) electrons. The molecule has 0 bridgehead atoms. The first-order valence-corrected chi connectivity index (χ1v) is 6.83. The van der Waals surface area contributed by atoms with Crippen LogP contribution in [0, 0.1) is 0 Å². The minimum Gasteiger partial charge on any atom is -0.237 e. The van der Waals surface area contributed by atoms with Crippen molar-refractivity contribution in [1.29, 1.82) is 0 Å². The fourth-order valence-electron chi connectivity index (χ4n) is 2.29. The highest BCUT2D eigenvalue weighted by molar-refractivity contribution is 6.31. The first-order valence-electron chi connectivity index (χ1n) is 6.45. The standard InChI is InChI=1S/C16H14ClN3/c1-2-13(11-12-7-3-4-8-14(12)17)20-16-10-6-5-9-15(16)18-19-20/h2-10,13H,1,11H2. The van der Waals surface area contributed by atoms with Crippen LogP contribution in [0.25, 0.3) is 11.0 Å². The van der Waals surface area contributed by atoms with E-state index in [-0.39, 0.29) is 6.04 Å². The van der Waals surface area contributed by atoms with Crippen LogP contribution in [0.15, 0.2) is 61.2 Å². The fourth-order valence-corrected chi connectivity index (χ4v) is 2.50. The van der Waals surface area contributed by atoms with Crippen LogP contribution in [0.1, 0.15) is 11.6 Å². The highest BCUT2D eigenvalue weighted by Crippen LogP contribution is 2.24. The first-order chi connectivity index (χ1) is 9.79. The van der Waals surface area contributed by atoms with Gasteiger partial charge in [0.15, 0.2) is 0 Å².